The van der Waals surface area contributed by atoms with Crippen LogP contribution in [0.15, 0.2) is 23.1 Å². The molecule has 25 heavy (non-hydrogen) atoms. The number of sulfonamides is 1. The van der Waals surface area contributed by atoms with E-state index < -0.39 is 10.0 Å². The molecular formula is C17H26ClN3O3S. The van der Waals surface area contributed by atoms with Crippen LogP contribution in [0.1, 0.15) is 41.6 Å². The molecule has 0 spiro atoms. The number of carbonyl (C=O) groups is 1. The zero-order chi connectivity index (χ0) is 17.3. The zero-order valence-electron chi connectivity index (χ0n) is 14.6. The van der Waals surface area contributed by atoms with Gasteiger partial charge in [0, 0.05) is 30.7 Å². The number of aryl methyl sites for hydroxylation is 1. The minimum absolute atomic E-state index is 0. The summed E-state index contributed by atoms with van der Waals surface area (Å²) in [7, 11) is -1.61. The molecule has 0 atom stereocenters. The van der Waals surface area contributed by atoms with E-state index in [0.29, 0.717) is 24.7 Å². The van der Waals surface area contributed by atoms with E-state index in [-0.39, 0.29) is 29.3 Å². The second-order valence-electron chi connectivity index (χ2n) is 6.73. The Hall–Kier alpha value is -1.15. The Morgan fingerprint density at radius 1 is 1.12 bits per heavy atom. The Kier molecular flexibility index (Phi) is 6.48. The molecule has 8 heteroatoms. The standard InChI is InChI=1S/C17H25N3O3S.ClH/c1-12-3-6-15(24(22,23)19-14-4-5-14)11-16(12)17(21)20-9-7-13(18-2)8-10-20;/h3,6,11,13-14,18-19H,4-5,7-10H2,1-2H3;1H. The van der Waals surface area contributed by atoms with Crippen molar-refractivity contribution in [3.8, 4) is 0 Å². The number of piperidine rings is 1. The van der Waals surface area contributed by atoms with Gasteiger partial charge in [-0.15, -0.1) is 12.4 Å². The van der Waals surface area contributed by atoms with Crippen molar-refractivity contribution in [2.45, 2.75) is 49.6 Å². The number of rotatable bonds is 5. The van der Waals surface area contributed by atoms with Crippen molar-refractivity contribution in [3.05, 3.63) is 29.3 Å². The molecule has 1 aromatic rings. The normalized spacial score (nSPS) is 18.7. The van der Waals surface area contributed by atoms with Crippen LogP contribution in [0.4, 0.5) is 0 Å². The van der Waals surface area contributed by atoms with Gasteiger partial charge in [0.1, 0.15) is 0 Å². The van der Waals surface area contributed by atoms with Gasteiger partial charge >= 0.3 is 0 Å². The van der Waals surface area contributed by atoms with Crippen LogP contribution >= 0.6 is 12.4 Å². The minimum Gasteiger partial charge on any atom is -0.339 e. The number of halogens is 1. The van der Waals surface area contributed by atoms with E-state index >= 15 is 0 Å². The summed E-state index contributed by atoms with van der Waals surface area (Å²) in [5.74, 6) is -0.0782. The molecule has 0 unspecified atom stereocenters. The molecule has 1 heterocycles. The van der Waals surface area contributed by atoms with Crippen LogP contribution < -0.4 is 10.0 Å². The monoisotopic (exact) mass is 387 g/mol. The lowest BCUT2D eigenvalue weighted by Crippen LogP contribution is -2.44. The van der Waals surface area contributed by atoms with E-state index in [9.17, 15) is 13.2 Å². The van der Waals surface area contributed by atoms with Crippen LogP contribution in [0.3, 0.4) is 0 Å². The molecule has 6 nitrogen and oxygen atoms in total. The third-order valence-electron chi connectivity index (χ3n) is 4.84. The average Bonchev–Trinajstić information content (AvgIpc) is 3.38. The maximum Gasteiger partial charge on any atom is 0.254 e. The topological polar surface area (TPSA) is 78.5 Å². The van der Waals surface area contributed by atoms with Crippen LogP contribution in [0.2, 0.25) is 0 Å². The number of nitrogens with zero attached hydrogens (tertiary/aromatic N) is 1. The van der Waals surface area contributed by atoms with Gasteiger partial charge < -0.3 is 10.2 Å². The lowest BCUT2D eigenvalue weighted by molar-refractivity contribution is 0.0706. The van der Waals surface area contributed by atoms with Crippen molar-refractivity contribution in [3.63, 3.8) is 0 Å². The van der Waals surface area contributed by atoms with Crippen molar-refractivity contribution >= 4 is 28.3 Å². The second kappa shape index (κ2) is 8.03. The number of hydrogen-bond donors (Lipinski definition) is 2. The quantitative estimate of drug-likeness (QED) is 0.805. The fourth-order valence-corrected chi connectivity index (χ4v) is 4.36. The van der Waals surface area contributed by atoms with Crippen LogP contribution in [0.25, 0.3) is 0 Å². The summed E-state index contributed by atoms with van der Waals surface area (Å²) in [5, 5.41) is 3.24. The molecular weight excluding hydrogens is 362 g/mol. The van der Waals surface area contributed by atoms with Gasteiger partial charge in [0.25, 0.3) is 5.91 Å². The predicted octanol–water partition coefficient (Wildman–Crippen LogP) is 1.68. The highest BCUT2D eigenvalue weighted by molar-refractivity contribution is 7.89. The molecule has 0 radical (unpaired) electrons. The van der Waals surface area contributed by atoms with E-state index in [2.05, 4.69) is 10.0 Å². The fraction of sp³-hybridized carbons (Fsp3) is 0.588. The van der Waals surface area contributed by atoms with Crippen LogP contribution in [-0.2, 0) is 10.0 Å². The van der Waals surface area contributed by atoms with Crippen LogP contribution in [0.5, 0.6) is 0 Å². The third-order valence-corrected chi connectivity index (χ3v) is 6.36. The number of hydrogen-bond acceptors (Lipinski definition) is 4. The van der Waals surface area contributed by atoms with Gasteiger partial charge in [-0.3, -0.25) is 4.79 Å². The van der Waals surface area contributed by atoms with Crippen LogP contribution in [-0.4, -0.2) is 51.4 Å². The van der Waals surface area contributed by atoms with Crippen LogP contribution in [0, 0.1) is 6.92 Å². The second-order valence-corrected chi connectivity index (χ2v) is 8.44. The highest BCUT2D eigenvalue weighted by Crippen LogP contribution is 2.24. The van der Waals surface area contributed by atoms with Crippen molar-refractivity contribution in [2.24, 2.45) is 0 Å². The van der Waals surface area contributed by atoms with E-state index in [1.165, 1.54) is 6.07 Å². The summed E-state index contributed by atoms with van der Waals surface area (Å²) in [5.41, 5.74) is 1.29. The molecule has 2 aliphatic rings. The Balaban J connectivity index is 0.00000225. The first-order valence-corrected chi connectivity index (χ1v) is 9.98. The summed E-state index contributed by atoms with van der Waals surface area (Å²) in [6, 6.07) is 5.31. The van der Waals surface area contributed by atoms with Gasteiger partial charge in [0.05, 0.1) is 4.90 Å². The maximum atomic E-state index is 12.8. The molecule has 1 saturated carbocycles. The van der Waals surface area contributed by atoms with E-state index in [0.717, 1.165) is 31.2 Å². The Morgan fingerprint density at radius 2 is 1.76 bits per heavy atom. The summed E-state index contributed by atoms with van der Waals surface area (Å²) in [6.07, 6.45) is 3.61. The number of amides is 1. The molecule has 0 aromatic heterocycles. The lowest BCUT2D eigenvalue weighted by atomic mass is 10.0. The highest BCUT2D eigenvalue weighted by atomic mass is 35.5. The molecule has 1 aliphatic heterocycles. The van der Waals surface area contributed by atoms with Gasteiger partial charge in [-0.25, -0.2) is 13.1 Å². The largest absolute Gasteiger partial charge is 0.339 e. The van der Waals surface area contributed by atoms with Gasteiger partial charge in [0.2, 0.25) is 10.0 Å². The Labute approximate surface area is 155 Å². The SMILES string of the molecule is CNC1CCN(C(=O)c2cc(S(=O)(=O)NC3CC3)ccc2C)CC1.Cl. The molecule has 0 bridgehead atoms. The lowest BCUT2D eigenvalue weighted by Gasteiger charge is -2.32. The summed E-state index contributed by atoms with van der Waals surface area (Å²) in [4.78, 5) is 14.8. The van der Waals surface area contributed by atoms with Gasteiger partial charge in [-0.1, -0.05) is 6.07 Å². The first-order chi connectivity index (χ1) is 11.4. The van der Waals surface area contributed by atoms with E-state index in [1.54, 1.807) is 12.1 Å². The van der Waals surface area contributed by atoms with Crippen molar-refractivity contribution < 1.29 is 13.2 Å². The molecule has 1 aromatic carbocycles. The van der Waals surface area contributed by atoms with E-state index in [4.69, 9.17) is 0 Å². The Bertz CT molecular complexity index is 727. The number of nitrogens with one attached hydrogen (secondary N) is 2. The Morgan fingerprint density at radius 3 is 2.32 bits per heavy atom. The number of likely N-dealkylation sites (tertiary alicyclic amines) is 1. The maximum absolute atomic E-state index is 12.8. The smallest absolute Gasteiger partial charge is 0.254 e. The van der Waals surface area contributed by atoms with Gasteiger partial charge in [-0.2, -0.15) is 0 Å². The summed E-state index contributed by atoms with van der Waals surface area (Å²) < 4.78 is 27.4. The van der Waals surface area contributed by atoms with Gasteiger partial charge in [0.15, 0.2) is 0 Å². The molecule has 140 valence electrons. The molecule has 2 N–H and O–H groups in total. The summed E-state index contributed by atoms with van der Waals surface area (Å²) in [6.45, 7) is 3.24. The molecule has 1 amide bonds. The number of benzene rings is 1. The van der Waals surface area contributed by atoms with Crippen molar-refractivity contribution in [1.29, 1.82) is 0 Å². The molecule has 2 fully saturated rings. The molecule has 1 aliphatic carbocycles. The number of carbonyl (C=O) groups excluding carboxylic acids is 1. The minimum atomic E-state index is -3.54. The average molecular weight is 388 g/mol. The van der Waals surface area contributed by atoms with Crippen molar-refractivity contribution in [1.82, 2.24) is 14.9 Å². The zero-order valence-corrected chi connectivity index (χ0v) is 16.3. The summed E-state index contributed by atoms with van der Waals surface area (Å²) >= 11 is 0. The van der Waals surface area contributed by atoms with Crippen molar-refractivity contribution in [2.75, 3.05) is 20.1 Å². The molecule has 1 saturated heterocycles. The first kappa shape index (κ1) is 20.2. The molecule has 3 rings (SSSR count). The first-order valence-electron chi connectivity index (χ1n) is 8.50. The highest BCUT2D eigenvalue weighted by Gasteiger charge is 2.29. The fourth-order valence-electron chi connectivity index (χ4n) is 3.03. The van der Waals surface area contributed by atoms with Gasteiger partial charge in [-0.05, 0) is 57.4 Å². The third kappa shape index (κ3) is 4.73. The van der Waals surface area contributed by atoms with E-state index in [1.807, 2.05) is 18.9 Å². The predicted molar refractivity (Wildman–Crippen MR) is 99.8 cm³/mol.